The highest BCUT2D eigenvalue weighted by Crippen LogP contribution is 2.17. The maximum absolute atomic E-state index is 10.4. The minimum atomic E-state index is -0.916. The van der Waals surface area contributed by atoms with Crippen molar-refractivity contribution in [1.82, 2.24) is 0 Å². The van der Waals surface area contributed by atoms with E-state index < -0.39 is 12.0 Å². The van der Waals surface area contributed by atoms with Crippen LogP contribution < -0.4 is 5.73 Å². The molecule has 12 heavy (non-hydrogen) atoms. The van der Waals surface area contributed by atoms with Gasteiger partial charge in [-0.05, 0) is 25.2 Å². The summed E-state index contributed by atoms with van der Waals surface area (Å²) in [5.41, 5.74) is 5.39. The fourth-order valence-corrected chi connectivity index (χ4v) is 1.45. The normalized spacial score (nSPS) is 26.6. The van der Waals surface area contributed by atoms with E-state index in [1.165, 1.54) is 0 Å². The molecule has 4 heteroatoms. The molecule has 1 heterocycles. The van der Waals surface area contributed by atoms with Crippen molar-refractivity contribution >= 4 is 5.97 Å². The van der Waals surface area contributed by atoms with Gasteiger partial charge in [-0.3, -0.25) is 4.79 Å². The lowest BCUT2D eigenvalue weighted by Gasteiger charge is -2.23. The number of aliphatic carboxylic acids is 1. The van der Waals surface area contributed by atoms with Crippen molar-refractivity contribution in [2.24, 2.45) is 11.7 Å². The van der Waals surface area contributed by atoms with Gasteiger partial charge in [-0.2, -0.15) is 0 Å². The number of ether oxygens (including phenoxy) is 1. The third kappa shape index (κ3) is 2.79. The topological polar surface area (TPSA) is 72.5 Å². The van der Waals surface area contributed by atoms with E-state index in [2.05, 4.69) is 0 Å². The van der Waals surface area contributed by atoms with Crippen molar-refractivity contribution in [2.45, 2.75) is 25.3 Å². The van der Waals surface area contributed by atoms with Crippen LogP contribution in [0.5, 0.6) is 0 Å². The molecule has 0 aliphatic carbocycles. The summed E-state index contributed by atoms with van der Waals surface area (Å²) in [4.78, 5) is 10.4. The van der Waals surface area contributed by atoms with E-state index in [1.54, 1.807) is 0 Å². The smallest absolute Gasteiger partial charge is 0.320 e. The van der Waals surface area contributed by atoms with Gasteiger partial charge in [0.25, 0.3) is 0 Å². The summed E-state index contributed by atoms with van der Waals surface area (Å²) in [5, 5.41) is 8.55. The second kappa shape index (κ2) is 4.42. The molecule has 0 radical (unpaired) electrons. The molecule has 0 aromatic heterocycles. The van der Waals surface area contributed by atoms with Crippen LogP contribution in [0.4, 0.5) is 0 Å². The zero-order chi connectivity index (χ0) is 8.97. The van der Waals surface area contributed by atoms with E-state index in [0.29, 0.717) is 18.9 Å². The molecule has 1 saturated heterocycles. The van der Waals surface area contributed by atoms with Gasteiger partial charge in [0, 0.05) is 13.2 Å². The predicted octanol–water partition coefficient (Wildman–Crippen LogP) is 0.215. The van der Waals surface area contributed by atoms with Crippen LogP contribution in [-0.4, -0.2) is 30.3 Å². The Kier molecular flexibility index (Phi) is 3.49. The first-order valence-electron chi connectivity index (χ1n) is 4.26. The first-order valence-corrected chi connectivity index (χ1v) is 4.26. The Morgan fingerprint density at radius 2 is 2.50 bits per heavy atom. The summed E-state index contributed by atoms with van der Waals surface area (Å²) < 4.78 is 5.21. The van der Waals surface area contributed by atoms with Crippen LogP contribution in [0.15, 0.2) is 0 Å². The Morgan fingerprint density at radius 3 is 3.00 bits per heavy atom. The van der Waals surface area contributed by atoms with Gasteiger partial charge in [0.2, 0.25) is 0 Å². The van der Waals surface area contributed by atoms with E-state index in [-0.39, 0.29) is 0 Å². The number of hydrogen-bond acceptors (Lipinski definition) is 3. The van der Waals surface area contributed by atoms with Gasteiger partial charge in [0.15, 0.2) is 0 Å². The molecule has 4 nitrogen and oxygen atoms in total. The standard InChI is InChI=1S/C8H15NO3/c9-7(8(10)11)4-6-2-1-3-12-5-6/h6-7H,1-5,9H2,(H,10,11)/t6?,7-/m1/s1. The van der Waals surface area contributed by atoms with E-state index in [0.717, 1.165) is 19.4 Å². The lowest BCUT2D eigenvalue weighted by Crippen LogP contribution is -2.34. The lowest BCUT2D eigenvalue weighted by atomic mass is 9.95. The third-order valence-corrected chi connectivity index (χ3v) is 2.16. The summed E-state index contributed by atoms with van der Waals surface area (Å²) in [6.07, 6.45) is 2.60. The molecule has 0 aromatic carbocycles. The molecule has 1 unspecified atom stereocenters. The van der Waals surface area contributed by atoms with Crippen molar-refractivity contribution in [2.75, 3.05) is 13.2 Å². The Bertz CT molecular complexity index is 154. The SMILES string of the molecule is N[C@H](CC1CCCOC1)C(=O)O. The Morgan fingerprint density at radius 1 is 1.75 bits per heavy atom. The number of nitrogens with two attached hydrogens (primary N) is 1. The van der Waals surface area contributed by atoms with Gasteiger partial charge in [0.1, 0.15) is 6.04 Å². The molecule has 0 amide bonds. The highest BCUT2D eigenvalue weighted by atomic mass is 16.5. The average molecular weight is 173 g/mol. The zero-order valence-electron chi connectivity index (χ0n) is 7.03. The van der Waals surface area contributed by atoms with E-state index in [4.69, 9.17) is 15.6 Å². The summed E-state index contributed by atoms with van der Waals surface area (Å²) in [6.45, 7) is 1.47. The predicted molar refractivity (Wildman–Crippen MR) is 43.8 cm³/mol. The summed E-state index contributed by atoms with van der Waals surface area (Å²) in [5.74, 6) is -0.578. The van der Waals surface area contributed by atoms with Crippen LogP contribution in [0.25, 0.3) is 0 Å². The molecule has 0 saturated carbocycles. The summed E-state index contributed by atoms with van der Waals surface area (Å²) in [7, 11) is 0. The second-order valence-electron chi connectivity index (χ2n) is 3.26. The highest BCUT2D eigenvalue weighted by molar-refractivity contribution is 5.73. The first kappa shape index (κ1) is 9.48. The van der Waals surface area contributed by atoms with Crippen LogP contribution in [0, 0.1) is 5.92 Å². The van der Waals surface area contributed by atoms with Crippen LogP contribution >= 0.6 is 0 Å². The second-order valence-corrected chi connectivity index (χ2v) is 3.26. The molecular weight excluding hydrogens is 158 g/mol. The summed E-state index contributed by atoms with van der Waals surface area (Å²) in [6, 6.07) is -0.725. The molecule has 0 spiro atoms. The number of hydrogen-bond donors (Lipinski definition) is 2. The molecule has 1 aliphatic rings. The molecule has 1 rings (SSSR count). The molecular formula is C8H15NO3. The van der Waals surface area contributed by atoms with Crippen LogP contribution in [0.3, 0.4) is 0 Å². The number of rotatable bonds is 3. The lowest BCUT2D eigenvalue weighted by molar-refractivity contribution is -0.139. The molecule has 3 N–H and O–H groups in total. The zero-order valence-corrected chi connectivity index (χ0v) is 7.03. The largest absolute Gasteiger partial charge is 0.480 e. The molecule has 1 aliphatic heterocycles. The minimum absolute atomic E-state index is 0.338. The van der Waals surface area contributed by atoms with Crippen molar-refractivity contribution < 1.29 is 14.6 Å². The molecule has 1 fully saturated rings. The van der Waals surface area contributed by atoms with Crippen LogP contribution in [-0.2, 0) is 9.53 Å². The van der Waals surface area contributed by atoms with Gasteiger partial charge in [-0.15, -0.1) is 0 Å². The number of carboxylic acids is 1. The van der Waals surface area contributed by atoms with Gasteiger partial charge in [-0.1, -0.05) is 0 Å². The van der Waals surface area contributed by atoms with Gasteiger partial charge >= 0.3 is 5.97 Å². The van der Waals surface area contributed by atoms with Crippen molar-refractivity contribution in [3.63, 3.8) is 0 Å². The Balaban J connectivity index is 2.24. The monoisotopic (exact) mass is 173 g/mol. The fraction of sp³-hybridized carbons (Fsp3) is 0.875. The van der Waals surface area contributed by atoms with Crippen LogP contribution in [0.1, 0.15) is 19.3 Å². The molecule has 0 aromatic rings. The van der Waals surface area contributed by atoms with E-state index in [1.807, 2.05) is 0 Å². The molecule has 0 bridgehead atoms. The maximum atomic E-state index is 10.4. The minimum Gasteiger partial charge on any atom is -0.480 e. The van der Waals surface area contributed by atoms with Gasteiger partial charge in [-0.25, -0.2) is 0 Å². The van der Waals surface area contributed by atoms with E-state index >= 15 is 0 Å². The molecule has 2 atom stereocenters. The Hall–Kier alpha value is -0.610. The Labute approximate surface area is 71.7 Å². The number of carboxylic acid groups (broad SMARTS) is 1. The van der Waals surface area contributed by atoms with Crippen LogP contribution in [0.2, 0.25) is 0 Å². The van der Waals surface area contributed by atoms with E-state index in [9.17, 15) is 4.79 Å². The van der Waals surface area contributed by atoms with Crippen molar-refractivity contribution in [1.29, 1.82) is 0 Å². The summed E-state index contributed by atoms with van der Waals surface area (Å²) >= 11 is 0. The molecule has 70 valence electrons. The quantitative estimate of drug-likeness (QED) is 0.640. The van der Waals surface area contributed by atoms with Gasteiger partial charge < -0.3 is 15.6 Å². The van der Waals surface area contributed by atoms with Crippen molar-refractivity contribution in [3.8, 4) is 0 Å². The highest BCUT2D eigenvalue weighted by Gasteiger charge is 2.20. The van der Waals surface area contributed by atoms with Crippen molar-refractivity contribution in [3.05, 3.63) is 0 Å². The fourth-order valence-electron chi connectivity index (χ4n) is 1.45. The average Bonchev–Trinajstić information content (AvgIpc) is 2.06. The third-order valence-electron chi connectivity index (χ3n) is 2.16. The van der Waals surface area contributed by atoms with Gasteiger partial charge in [0.05, 0.1) is 0 Å². The maximum Gasteiger partial charge on any atom is 0.320 e. The first-order chi connectivity index (χ1) is 5.70. The number of carbonyl (C=O) groups is 1.